The van der Waals surface area contributed by atoms with Gasteiger partial charge in [0, 0.05) is 5.02 Å². The molecular formula is C20H11ClF7N4O2+. The van der Waals surface area contributed by atoms with E-state index in [2.05, 4.69) is 5.32 Å². The summed E-state index contributed by atoms with van der Waals surface area (Å²) in [5.74, 6) is -2.68. The van der Waals surface area contributed by atoms with Gasteiger partial charge >= 0.3 is 23.6 Å². The number of anilines is 1. The standard InChI is InChI=1S/C20H10ClF7N4O2/c21-10-3-1-9(2-4-10)14-29-15-13(18(31-14,19(23,24)25)20(26,27)28)16(33)30-17(34)32(15)12-7-5-11(22)6-8-12/h1-8H,(H,29,31)(H,30,33,34)/p+1. The molecule has 4 rings (SSSR count). The van der Waals surface area contributed by atoms with Gasteiger partial charge in [-0.2, -0.15) is 26.3 Å². The van der Waals surface area contributed by atoms with E-state index in [0.717, 1.165) is 36.4 Å². The van der Waals surface area contributed by atoms with Gasteiger partial charge in [0.25, 0.3) is 11.4 Å². The van der Waals surface area contributed by atoms with Gasteiger partial charge in [-0.3, -0.25) is 9.78 Å². The van der Waals surface area contributed by atoms with Gasteiger partial charge in [-0.15, -0.1) is 0 Å². The molecule has 2 aromatic carbocycles. The second-order valence-corrected chi connectivity index (χ2v) is 7.61. The van der Waals surface area contributed by atoms with Crippen molar-refractivity contribution < 1.29 is 35.7 Å². The molecule has 6 nitrogen and oxygen atoms in total. The van der Waals surface area contributed by atoms with Crippen molar-refractivity contribution in [1.82, 2.24) is 9.55 Å². The number of amidine groups is 1. The van der Waals surface area contributed by atoms with Gasteiger partial charge in [-0.05, 0) is 48.5 Å². The van der Waals surface area contributed by atoms with Crippen molar-refractivity contribution in [3.63, 3.8) is 0 Å². The SMILES string of the molecule is O=c1[nH]c(=O)n(-c2ccc(F)cc2)c2c1C(C(F)(F)F)(C(F)(F)F)[NH+]=C(c1ccc(Cl)cc1)N2. The van der Waals surface area contributed by atoms with Crippen molar-refractivity contribution >= 4 is 23.3 Å². The molecule has 178 valence electrons. The second kappa shape index (κ2) is 7.72. The van der Waals surface area contributed by atoms with Crippen LogP contribution in [0.5, 0.6) is 0 Å². The maximum atomic E-state index is 14.3. The minimum Gasteiger partial charge on any atom is -0.273 e. The number of nitrogens with one attached hydrogen (secondary N) is 3. The fourth-order valence-electron chi connectivity index (χ4n) is 3.59. The molecule has 1 aliphatic heterocycles. The minimum absolute atomic E-state index is 0.151. The zero-order chi connectivity index (χ0) is 25.1. The normalized spacial score (nSPS) is 15.4. The molecular weight excluding hydrogens is 497 g/mol. The number of halogens is 8. The lowest BCUT2D eigenvalue weighted by Gasteiger charge is -2.35. The Hall–Kier alpha value is -3.61. The number of H-pyrrole nitrogens is 1. The van der Waals surface area contributed by atoms with Crippen LogP contribution < -0.4 is 21.6 Å². The molecule has 0 amide bonds. The van der Waals surface area contributed by atoms with Gasteiger partial charge in [0.1, 0.15) is 11.4 Å². The van der Waals surface area contributed by atoms with Crippen LogP contribution in [0.2, 0.25) is 5.02 Å². The lowest BCUT2D eigenvalue weighted by Crippen LogP contribution is -2.97. The van der Waals surface area contributed by atoms with Gasteiger partial charge < -0.3 is 0 Å². The van der Waals surface area contributed by atoms with E-state index in [0.29, 0.717) is 4.57 Å². The van der Waals surface area contributed by atoms with Crippen molar-refractivity contribution in [3.8, 4) is 5.69 Å². The molecule has 3 N–H and O–H groups in total. The van der Waals surface area contributed by atoms with E-state index in [9.17, 15) is 40.3 Å². The highest BCUT2D eigenvalue weighted by atomic mass is 35.5. The number of rotatable bonds is 2. The van der Waals surface area contributed by atoms with E-state index >= 15 is 0 Å². The van der Waals surface area contributed by atoms with Crippen LogP contribution in [0, 0.1) is 5.82 Å². The molecule has 0 bridgehead atoms. The van der Waals surface area contributed by atoms with Gasteiger partial charge in [-0.1, -0.05) is 11.6 Å². The molecule has 3 aromatic rings. The number of alkyl halides is 6. The third-order valence-electron chi connectivity index (χ3n) is 5.11. The highest BCUT2D eigenvalue weighted by molar-refractivity contribution is 6.30. The number of hydrogen-bond donors (Lipinski definition) is 3. The third-order valence-corrected chi connectivity index (χ3v) is 5.36. The monoisotopic (exact) mass is 507 g/mol. The van der Waals surface area contributed by atoms with E-state index in [1.54, 1.807) is 0 Å². The third kappa shape index (κ3) is 3.56. The summed E-state index contributed by atoms with van der Waals surface area (Å²) in [6.45, 7) is 0. The number of nitrogens with zero attached hydrogens (tertiary/aromatic N) is 1. The Morgan fingerprint density at radius 1 is 0.882 bits per heavy atom. The lowest BCUT2D eigenvalue weighted by molar-refractivity contribution is -0.658. The predicted octanol–water partition coefficient (Wildman–Crippen LogP) is 2.59. The maximum Gasteiger partial charge on any atom is 0.446 e. The molecule has 1 aliphatic rings. The summed E-state index contributed by atoms with van der Waals surface area (Å²) in [7, 11) is 0. The summed E-state index contributed by atoms with van der Waals surface area (Å²) >= 11 is 5.76. The van der Waals surface area contributed by atoms with E-state index in [1.807, 2.05) is 0 Å². The highest BCUT2D eigenvalue weighted by Gasteiger charge is 2.78. The topological polar surface area (TPSA) is 80.9 Å². The number of hydrogen-bond acceptors (Lipinski definition) is 3. The van der Waals surface area contributed by atoms with Gasteiger partial charge in [0.15, 0.2) is 0 Å². The fraction of sp³-hybridized carbons (Fsp3) is 0.150. The smallest absolute Gasteiger partial charge is 0.273 e. The van der Waals surface area contributed by atoms with E-state index in [4.69, 9.17) is 11.6 Å². The van der Waals surface area contributed by atoms with Crippen molar-refractivity contribution in [3.05, 3.63) is 91.3 Å². The molecule has 0 unspecified atom stereocenters. The van der Waals surface area contributed by atoms with E-state index in [-0.39, 0.29) is 16.3 Å². The summed E-state index contributed by atoms with van der Waals surface area (Å²) in [6.07, 6.45) is -12.2. The Kier molecular flexibility index (Phi) is 5.35. The van der Waals surface area contributed by atoms with Crippen molar-refractivity contribution in [2.24, 2.45) is 0 Å². The van der Waals surface area contributed by atoms with Crippen molar-refractivity contribution in [2.45, 2.75) is 17.9 Å². The van der Waals surface area contributed by atoms with Crippen LogP contribution in [0.15, 0.2) is 58.1 Å². The summed E-state index contributed by atoms with van der Waals surface area (Å²) in [5.41, 5.74) is -10.5. The first-order valence-electron chi connectivity index (χ1n) is 9.23. The highest BCUT2D eigenvalue weighted by Crippen LogP contribution is 2.48. The van der Waals surface area contributed by atoms with Crippen LogP contribution in [0.4, 0.5) is 36.6 Å². The van der Waals surface area contributed by atoms with E-state index in [1.165, 1.54) is 22.1 Å². The second-order valence-electron chi connectivity index (χ2n) is 7.17. The van der Waals surface area contributed by atoms with E-state index < -0.39 is 52.2 Å². The molecule has 1 aromatic heterocycles. The number of fused-ring (bicyclic) bond motifs is 1. The fourth-order valence-corrected chi connectivity index (χ4v) is 3.71. The molecule has 0 aliphatic carbocycles. The van der Waals surface area contributed by atoms with Crippen LogP contribution in [-0.4, -0.2) is 27.7 Å². The Morgan fingerprint density at radius 3 is 1.97 bits per heavy atom. The first kappa shape index (κ1) is 23.5. The summed E-state index contributed by atoms with van der Waals surface area (Å²) in [5, 5.41) is 2.46. The van der Waals surface area contributed by atoms with Gasteiger partial charge in [-0.25, -0.2) is 24.1 Å². The quantitative estimate of drug-likeness (QED) is 0.467. The molecule has 2 heterocycles. The first-order valence-corrected chi connectivity index (χ1v) is 9.61. The summed E-state index contributed by atoms with van der Waals surface area (Å²) < 4.78 is 99.3. The van der Waals surface area contributed by atoms with Crippen molar-refractivity contribution in [2.75, 3.05) is 5.32 Å². The van der Waals surface area contributed by atoms with Crippen LogP contribution in [0.3, 0.4) is 0 Å². The molecule has 0 spiro atoms. The predicted molar refractivity (Wildman–Crippen MR) is 107 cm³/mol. The number of aromatic amines is 1. The van der Waals surface area contributed by atoms with Crippen LogP contribution in [-0.2, 0) is 5.54 Å². The average Bonchev–Trinajstić information content (AvgIpc) is 2.73. The number of benzene rings is 2. The molecule has 0 saturated heterocycles. The average molecular weight is 508 g/mol. The molecule has 14 heteroatoms. The lowest BCUT2D eigenvalue weighted by atomic mass is 9.87. The number of aromatic nitrogens is 2. The molecule has 0 atom stereocenters. The van der Waals surface area contributed by atoms with Crippen molar-refractivity contribution in [1.29, 1.82) is 0 Å². The zero-order valence-electron chi connectivity index (χ0n) is 16.4. The van der Waals surface area contributed by atoms with Gasteiger partial charge in [0.2, 0.25) is 5.82 Å². The minimum atomic E-state index is -6.10. The van der Waals surface area contributed by atoms with Gasteiger partial charge in [0.05, 0.1) is 11.3 Å². The zero-order valence-corrected chi connectivity index (χ0v) is 17.2. The van der Waals surface area contributed by atoms with Crippen LogP contribution in [0.25, 0.3) is 5.69 Å². The Labute approximate surface area is 189 Å². The Balaban J connectivity index is 2.17. The molecule has 0 radical (unpaired) electrons. The molecule has 34 heavy (non-hydrogen) atoms. The maximum absolute atomic E-state index is 14.3. The summed E-state index contributed by atoms with van der Waals surface area (Å²) in [6, 6.07) is 8.28. The van der Waals surface area contributed by atoms with Crippen LogP contribution >= 0.6 is 11.6 Å². The molecule has 0 fully saturated rings. The Morgan fingerprint density at radius 2 is 1.44 bits per heavy atom. The largest absolute Gasteiger partial charge is 0.446 e. The Bertz CT molecular complexity index is 1390. The van der Waals surface area contributed by atoms with Crippen LogP contribution in [0.1, 0.15) is 11.1 Å². The molecule has 0 saturated carbocycles. The summed E-state index contributed by atoms with van der Waals surface area (Å²) in [4.78, 5) is 27.9. The first-order chi connectivity index (χ1) is 15.8.